The van der Waals surface area contributed by atoms with Crippen molar-refractivity contribution in [3.63, 3.8) is 0 Å². The van der Waals surface area contributed by atoms with E-state index >= 15 is 0 Å². The SMILES string of the molecule is CC(=O)c1cc(C(=O)Nc2ccccc2N2CCCC2)n(C)c1. The smallest absolute Gasteiger partial charge is 0.272 e. The number of aryl methyl sites for hydroxylation is 1. The fourth-order valence-electron chi connectivity index (χ4n) is 2.98. The number of carbonyl (C=O) groups excluding carboxylic acids is 2. The fourth-order valence-corrected chi connectivity index (χ4v) is 2.98. The Hall–Kier alpha value is -2.56. The molecule has 1 aliphatic heterocycles. The molecule has 1 fully saturated rings. The molecule has 1 aromatic heterocycles. The highest BCUT2D eigenvalue weighted by molar-refractivity contribution is 6.06. The zero-order chi connectivity index (χ0) is 16.4. The Balaban J connectivity index is 1.84. The number of nitrogens with one attached hydrogen (secondary N) is 1. The molecule has 0 radical (unpaired) electrons. The van der Waals surface area contributed by atoms with Crippen LogP contribution in [0.5, 0.6) is 0 Å². The maximum atomic E-state index is 12.6. The van der Waals surface area contributed by atoms with Crippen LogP contribution in [0.1, 0.15) is 40.6 Å². The number of amides is 1. The summed E-state index contributed by atoms with van der Waals surface area (Å²) < 4.78 is 1.69. The number of hydrogen-bond acceptors (Lipinski definition) is 3. The van der Waals surface area contributed by atoms with Gasteiger partial charge in [0.2, 0.25) is 0 Å². The van der Waals surface area contributed by atoms with E-state index in [-0.39, 0.29) is 11.7 Å². The molecule has 1 saturated heterocycles. The van der Waals surface area contributed by atoms with Crippen LogP contribution in [-0.2, 0) is 7.05 Å². The number of anilines is 2. The van der Waals surface area contributed by atoms with Crippen molar-refractivity contribution in [2.75, 3.05) is 23.3 Å². The molecule has 120 valence electrons. The van der Waals surface area contributed by atoms with Crippen LogP contribution in [0.25, 0.3) is 0 Å². The largest absolute Gasteiger partial charge is 0.370 e. The third-order valence-corrected chi connectivity index (χ3v) is 4.24. The fraction of sp³-hybridized carbons (Fsp3) is 0.333. The van der Waals surface area contributed by atoms with Gasteiger partial charge in [-0.3, -0.25) is 9.59 Å². The van der Waals surface area contributed by atoms with E-state index in [4.69, 9.17) is 0 Å². The molecule has 0 saturated carbocycles. The first-order valence-corrected chi connectivity index (χ1v) is 7.89. The number of ketones is 1. The maximum absolute atomic E-state index is 12.6. The van der Waals surface area contributed by atoms with Gasteiger partial charge in [-0.2, -0.15) is 0 Å². The first-order valence-electron chi connectivity index (χ1n) is 7.89. The highest BCUT2D eigenvalue weighted by Crippen LogP contribution is 2.29. The first kappa shape index (κ1) is 15.3. The lowest BCUT2D eigenvalue weighted by molar-refractivity contribution is 0.101. The Morgan fingerprint density at radius 3 is 2.48 bits per heavy atom. The number of nitrogens with zero attached hydrogens (tertiary/aromatic N) is 2. The van der Waals surface area contributed by atoms with Crippen molar-refractivity contribution in [3.05, 3.63) is 47.8 Å². The molecule has 1 N–H and O–H groups in total. The highest BCUT2D eigenvalue weighted by Gasteiger charge is 2.18. The lowest BCUT2D eigenvalue weighted by Gasteiger charge is -2.21. The second-order valence-electron chi connectivity index (χ2n) is 5.95. The second-order valence-corrected chi connectivity index (χ2v) is 5.95. The van der Waals surface area contributed by atoms with E-state index in [1.165, 1.54) is 19.8 Å². The van der Waals surface area contributed by atoms with E-state index in [0.29, 0.717) is 11.3 Å². The molecule has 0 atom stereocenters. The summed E-state index contributed by atoms with van der Waals surface area (Å²) in [5, 5.41) is 2.98. The zero-order valence-corrected chi connectivity index (χ0v) is 13.5. The summed E-state index contributed by atoms with van der Waals surface area (Å²) in [6.07, 6.45) is 4.05. The molecule has 5 nitrogen and oxygen atoms in total. The van der Waals surface area contributed by atoms with Gasteiger partial charge in [-0.15, -0.1) is 0 Å². The molecule has 0 unspecified atom stereocenters. The molecule has 23 heavy (non-hydrogen) atoms. The summed E-state index contributed by atoms with van der Waals surface area (Å²) in [6.45, 7) is 3.54. The molecule has 0 bridgehead atoms. The molecular weight excluding hydrogens is 290 g/mol. The van der Waals surface area contributed by atoms with Crippen molar-refractivity contribution in [3.8, 4) is 0 Å². The van der Waals surface area contributed by atoms with Crippen molar-refractivity contribution in [1.29, 1.82) is 0 Å². The normalized spacial score (nSPS) is 14.1. The van der Waals surface area contributed by atoms with Crippen molar-refractivity contribution in [1.82, 2.24) is 4.57 Å². The van der Waals surface area contributed by atoms with Crippen LogP contribution in [0.15, 0.2) is 36.5 Å². The van der Waals surface area contributed by atoms with Gasteiger partial charge < -0.3 is 14.8 Å². The molecule has 5 heteroatoms. The van der Waals surface area contributed by atoms with E-state index in [1.54, 1.807) is 23.9 Å². The molecule has 2 aromatic rings. The highest BCUT2D eigenvalue weighted by atomic mass is 16.2. The summed E-state index contributed by atoms with van der Waals surface area (Å²) in [5.74, 6) is -0.247. The Bertz CT molecular complexity index is 742. The van der Waals surface area contributed by atoms with Crippen LogP contribution in [0.4, 0.5) is 11.4 Å². The molecule has 0 aliphatic carbocycles. The Morgan fingerprint density at radius 2 is 1.83 bits per heavy atom. The van der Waals surface area contributed by atoms with Crippen LogP contribution in [0.2, 0.25) is 0 Å². The number of carbonyl (C=O) groups is 2. The molecule has 0 spiro atoms. The number of aromatic nitrogens is 1. The first-order chi connectivity index (χ1) is 11.1. The van der Waals surface area contributed by atoms with E-state index < -0.39 is 0 Å². The van der Waals surface area contributed by atoms with Gasteiger partial charge in [-0.1, -0.05) is 12.1 Å². The van der Waals surface area contributed by atoms with Crippen molar-refractivity contribution in [2.24, 2.45) is 7.05 Å². The number of hydrogen-bond donors (Lipinski definition) is 1. The minimum atomic E-state index is -0.202. The van der Waals surface area contributed by atoms with Crippen LogP contribution < -0.4 is 10.2 Å². The third kappa shape index (κ3) is 3.13. The van der Waals surface area contributed by atoms with Gasteiger partial charge >= 0.3 is 0 Å². The summed E-state index contributed by atoms with van der Waals surface area (Å²) in [4.78, 5) is 26.3. The molecule has 1 aliphatic rings. The van der Waals surface area contributed by atoms with Crippen LogP contribution >= 0.6 is 0 Å². The predicted octanol–water partition coefficient (Wildman–Crippen LogP) is 3.08. The number of Topliss-reactive ketones (excluding diaryl/α,β-unsaturated/α-hetero) is 1. The van der Waals surface area contributed by atoms with E-state index in [9.17, 15) is 9.59 Å². The van der Waals surface area contributed by atoms with Crippen LogP contribution in [-0.4, -0.2) is 29.3 Å². The lowest BCUT2D eigenvalue weighted by Crippen LogP contribution is -2.21. The average Bonchev–Trinajstić information content (AvgIpc) is 3.17. The predicted molar refractivity (Wildman–Crippen MR) is 91.3 cm³/mol. The van der Waals surface area contributed by atoms with E-state index in [0.717, 1.165) is 24.5 Å². The summed E-state index contributed by atoms with van der Waals surface area (Å²) in [5.41, 5.74) is 2.89. The van der Waals surface area contributed by atoms with Crippen LogP contribution in [0, 0.1) is 0 Å². The monoisotopic (exact) mass is 311 g/mol. The Morgan fingerprint density at radius 1 is 1.13 bits per heavy atom. The molecular formula is C18H21N3O2. The number of benzene rings is 1. The third-order valence-electron chi connectivity index (χ3n) is 4.24. The van der Waals surface area contributed by atoms with Gasteiger partial charge in [-0.05, 0) is 38.0 Å². The molecule has 1 amide bonds. The quantitative estimate of drug-likeness (QED) is 0.883. The summed E-state index contributed by atoms with van der Waals surface area (Å²) >= 11 is 0. The number of para-hydroxylation sites is 2. The molecule has 2 heterocycles. The number of rotatable bonds is 4. The Kier molecular flexibility index (Phi) is 4.19. The van der Waals surface area contributed by atoms with Crippen molar-refractivity contribution >= 4 is 23.1 Å². The van der Waals surface area contributed by atoms with E-state index in [2.05, 4.69) is 10.2 Å². The Labute approximate surface area is 135 Å². The molecule has 1 aromatic carbocycles. The average molecular weight is 311 g/mol. The van der Waals surface area contributed by atoms with E-state index in [1.807, 2.05) is 24.3 Å². The van der Waals surface area contributed by atoms with Crippen molar-refractivity contribution in [2.45, 2.75) is 19.8 Å². The topological polar surface area (TPSA) is 54.3 Å². The lowest BCUT2D eigenvalue weighted by atomic mass is 10.2. The second kappa shape index (κ2) is 6.28. The van der Waals surface area contributed by atoms with Gasteiger partial charge in [0.05, 0.1) is 11.4 Å². The van der Waals surface area contributed by atoms with Gasteiger partial charge in [0.1, 0.15) is 5.69 Å². The van der Waals surface area contributed by atoms with Crippen LogP contribution in [0.3, 0.4) is 0 Å². The van der Waals surface area contributed by atoms with Gasteiger partial charge in [0.15, 0.2) is 5.78 Å². The van der Waals surface area contributed by atoms with Gasteiger partial charge in [0.25, 0.3) is 5.91 Å². The molecule has 3 rings (SSSR count). The van der Waals surface area contributed by atoms with Crippen molar-refractivity contribution < 1.29 is 9.59 Å². The maximum Gasteiger partial charge on any atom is 0.272 e. The van der Waals surface area contributed by atoms with Gasteiger partial charge in [0, 0.05) is 31.9 Å². The standard InChI is InChI=1S/C18H21N3O2/c1-13(22)14-11-17(20(2)12-14)18(23)19-15-7-3-4-8-16(15)21-9-5-6-10-21/h3-4,7-8,11-12H,5-6,9-10H2,1-2H3,(H,19,23). The summed E-state index contributed by atoms with van der Waals surface area (Å²) in [7, 11) is 1.77. The minimum Gasteiger partial charge on any atom is -0.370 e. The summed E-state index contributed by atoms with van der Waals surface area (Å²) in [6, 6.07) is 9.49. The zero-order valence-electron chi connectivity index (χ0n) is 13.5. The minimum absolute atomic E-state index is 0.0443. The van der Waals surface area contributed by atoms with Gasteiger partial charge in [-0.25, -0.2) is 0 Å².